The van der Waals surface area contributed by atoms with E-state index >= 15 is 0 Å². The van der Waals surface area contributed by atoms with E-state index < -0.39 is 0 Å². The molecule has 0 spiro atoms. The van der Waals surface area contributed by atoms with Crippen LogP contribution in [0, 0.1) is 6.92 Å². The van der Waals surface area contributed by atoms with Crippen molar-refractivity contribution >= 4 is 23.5 Å². The highest BCUT2D eigenvalue weighted by molar-refractivity contribution is 7.99. The number of hydrogen-bond acceptors (Lipinski definition) is 5. The lowest BCUT2D eigenvalue weighted by Crippen LogP contribution is -2.28. The van der Waals surface area contributed by atoms with Crippen molar-refractivity contribution in [3.05, 3.63) is 46.0 Å². The molecule has 0 bridgehead atoms. The van der Waals surface area contributed by atoms with Crippen LogP contribution in [-0.2, 0) is 4.79 Å². The first kappa shape index (κ1) is 16.7. The number of fused-ring (bicyclic) bond motifs is 1. The number of anilines is 1. The van der Waals surface area contributed by atoms with Crippen molar-refractivity contribution in [2.75, 3.05) is 11.1 Å². The van der Waals surface area contributed by atoms with E-state index in [9.17, 15) is 9.59 Å². The van der Waals surface area contributed by atoms with Crippen LogP contribution in [0.4, 0.5) is 5.82 Å². The zero-order valence-corrected chi connectivity index (χ0v) is 14.8. The van der Waals surface area contributed by atoms with Gasteiger partial charge >= 0.3 is 0 Å². The van der Waals surface area contributed by atoms with Gasteiger partial charge in [0.2, 0.25) is 5.91 Å². The van der Waals surface area contributed by atoms with Gasteiger partial charge < -0.3 is 5.32 Å². The third-order valence-electron chi connectivity index (χ3n) is 3.91. The van der Waals surface area contributed by atoms with Crippen LogP contribution < -0.4 is 10.9 Å². The van der Waals surface area contributed by atoms with Crippen LogP contribution in [0.15, 0.2) is 34.3 Å². The Balaban J connectivity index is 1.75. The molecule has 2 aromatic heterocycles. The van der Waals surface area contributed by atoms with E-state index in [0.717, 1.165) is 11.3 Å². The molecule has 1 unspecified atom stereocenters. The maximum Gasteiger partial charge on any atom is 0.254 e. The van der Waals surface area contributed by atoms with Gasteiger partial charge in [0, 0.05) is 24.4 Å². The second kappa shape index (κ2) is 6.76. The Bertz CT molecular complexity index is 832. The van der Waals surface area contributed by atoms with Gasteiger partial charge in [-0.2, -0.15) is 0 Å². The Labute approximate surface area is 144 Å². The molecular formula is C17H20N4O2S. The SMILES string of the molecule is Cc1ccnc(NC(=O)CC2CSc3nc(C(C)C)cc(=O)n32)c1. The third-order valence-corrected chi connectivity index (χ3v) is 5.00. The molecule has 0 saturated carbocycles. The average molecular weight is 344 g/mol. The van der Waals surface area contributed by atoms with Gasteiger partial charge in [-0.05, 0) is 30.5 Å². The van der Waals surface area contributed by atoms with E-state index in [2.05, 4.69) is 15.3 Å². The number of pyridine rings is 1. The Morgan fingerprint density at radius 2 is 2.25 bits per heavy atom. The standard InChI is InChI=1S/C17H20N4O2S/c1-10(2)13-8-16(23)21-12(9-24-17(21)19-13)7-15(22)20-14-6-11(3)4-5-18-14/h4-6,8,10,12H,7,9H2,1-3H3,(H,18,20,22). The van der Waals surface area contributed by atoms with Gasteiger partial charge in [0.25, 0.3) is 5.56 Å². The van der Waals surface area contributed by atoms with Crippen molar-refractivity contribution in [2.45, 2.75) is 44.3 Å². The van der Waals surface area contributed by atoms with Gasteiger partial charge in [0.05, 0.1) is 11.7 Å². The summed E-state index contributed by atoms with van der Waals surface area (Å²) in [4.78, 5) is 33.4. The topological polar surface area (TPSA) is 76.9 Å². The minimum atomic E-state index is -0.170. The van der Waals surface area contributed by atoms with Gasteiger partial charge in [0.15, 0.2) is 5.16 Å². The van der Waals surface area contributed by atoms with Crippen LogP contribution >= 0.6 is 11.8 Å². The fourth-order valence-electron chi connectivity index (χ4n) is 2.63. The number of aromatic nitrogens is 3. The van der Waals surface area contributed by atoms with Gasteiger partial charge in [-0.15, -0.1) is 0 Å². The van der Waals surface area contributed by atoms with Crippen molar-refractivity contribution in [3.8, 4) is 0 Å². The smallest absolute Gasteiger partial charge is 0.254 e. The number of carbonyl (C=O) groups excluding carboxylic acids is 1. The summed E-state index contributed by atoms with van der Waals surface area (Å²) >= 11 is 1.53. The number of thioether (sulfide) groups is 1. The van der Waals surface area contributed by atoms with Crippen molar-refractivity contribution in [2.24, 2.45) is 0 Å². The minimum absolute atomic E-state index is 0.0832. The third kappa shape index (κ3) is 3.51. The van der Waals surface area contributed by atoms with Crippen molar-refractivity contribution in [1.82, 2.24) is 14.5 Å². The number of hydrogen-bond donors (Lipinski definition) is 1. The summed E-state index contributed by atoms with van der Waals surface area (Å²) in [6.07, 6.45) is 1.89. The molecular weight excluding hydrogens is 324 g/mol. The molecule has 1 atom stereocenters. The molecule has 1 amide bonds. The van der Waals surface area contributed by atoms with Crippen molar-refractivity contribution < 1.29 is 4.79 Å². The van der Waals surface area contributed by atoms with Crippen molar-refractivity contribution in [1.29, 1.82) is 0 Å². The molecule has 6 nitrogen and oxygen atoms in total. The summed E-state index contributed by atoms with van der Waals surface area (Å²) in [5.41, 5.74) is 1.75. The highest BCUT2D eigenvalue weighted by Gasteiger charge is 2.28. The molecule has 0 aliphatic carbocycles. The lowest BCUT2D eigenvalue weighted by atomic mass is 10.1. The molecule has 0 radical (unpaired) electrons. The molecule has 2 aromatic rings. The summed E-state index contributed by atoms with van der Waals surface area (Å²) in [7, 11) is 0. The number of amides is 1. The van der Waals surface area contributed by atoms with Crippen LogP contribution in [0.5, 0.6) is 0 Å². The molecule has 0 fully saturated rings. The van der Waals surface area contributed by atoms with E-state index in [1.165, 1.54) is 11.8 Å². The molecule has 0 saturated heterocycles. The predicted octanol–water partition coefficient (Wildman–Crippen LogP) is 2.75. The van der Waals surface area contributed by atoms with Gasteiger partial charge in [-0.25, -0.2) is 9.97 Å². The summed E-state index contributed by atoms with van der Waals surface area (Å²) in [5.74, 6) is 1.27. The Morgan fingerprint density at radius 3 is 2.96 bits per heavy atom. The highest BCUT2D eigenvalue weighted by Crippen LogP contribution is 2.32. The molecule has 1 aliphatic rings. The molecule has 126 valence electrons. The number of aryl methyl sites for hydroxylation is 1. The minimum Gasteiger partial charge on any atom is -0.311 e. The van der Waals surface area contributed by atoms with Crippen LogP contribution in [0.25, 0.3) is 0 Å². The zero-order valence-electron chi connectivity index (χ0n) is 13.9. The average Bonchev–Trinajstić information content (AvgIpc) is 2.90. The van der Waals surface area contributed by atoms with Gasteiger partial charge in [0.1, 0.15) is 5.82 Å². The van der Waals surface area contributed by atoms with E-state index in [1.807, 2.05) is 32.9 Å². The number of nitrogens with one attached hydrogen (secondary N) is 1. The Morgan fingerprint density at radius 1 is 1.46 bits per heavy atom. The van der Waals surface area contributed by atoms with E-state index in [-0.39, 0.29) is 29.8 Å². The lowest BCUT2D eigenvalue weighted by Gasteiger charge is -2.14. The van der Waals surface area contributed by atoms with E-state index in [1.54, 1.807) is 16.8 Å². The first-order valence-corrected chi connectivity index (χ1v) is 8.91. The first-order chi connectivity index (χ1) is 11.4. The number of nitrogens with zero attached hydrogens (tertiary/aromatic N) is 3. The molecule has 24 heavy (non-hydrogen) atoms. The van der Waals surface area contributed by atoms with Crippen LogP contribution in [0.2, 0.25) is 0 Å². The monoisotopic (exact) mass is 344 g/mol. The summed E-state index contributed by atoms with van der Waals surface area (Å²) < 4.78 is 1.64. The fourth-order valence-corrected chi connectivity index (χ4v) is 3.78. The van der Waals surface area contributed by atoms with Crippen LogP contribution in [-0.4, -0.2) is 26.2 Å². The zero-order chi connectivity index (χ0) is 17.3. The molecule has 3 heterocycles. The molecule has 0 aromatic carbocycles. The number of rotatable bonds is 4. The van der Waals surface area contributed by atoms with Gasteiger partial charge in [-0.1, -0.05) is 25.6 Å². The normalized spacial score (nSPS) is 16.2. The maximum absolute atomic E-state index is 12.4. The summed E-state index contributed by atoms with van der Waals surface area (Å²) in [6.45, 7) is 5.97. The fraction of sp³-hybridized carbons (Fsp3) is 0.412. The first-order valence-electron chi connectivity index (χ1n) is 7.93. The Hall–Kier alpha value is -2.15. The largest absolute Gasteiger partial charge is 0.311 e. The molecule has 1 N–H and O–H groups in total. The molecule has 7 heteroatoms. The van der Waals surface area contributed by atoms with E-state index in [0.29, 0.717) is 16.7 Å². The Kier molecular flexibility index (Phi) is 4.71. The quantitative estimate of drug-likeness (QED) is 0.863. The summed E-state index contributed by atoms with van der Waals surface area (Å²) in [5, 5.41) is 3.50. The lowest BCUT2D eigenvalue weighted by molar-refractivity contribution is -0.116. The van der Waals surface area contributed by atoms with Crippen molar-refractivity contribution in [3.63, 3.8) is 0 Å². The van der Waals surface area contributed by atoms with Crippen LogP contribution in [0.1, 0.15) is 43.5 Å². The molecule has 3 rings (SSSR count). The van der Waals surface area contributed by atoms with Crippen LogP contribution in [0.3, 0.4) is 0 Å². The summed E-state index contributed by atoms with van der Waals surface area (Å²) in [6, 6.07) is 5.10. The maximum atomic E-state index is 12.4. The highest BCUT2D eigenvalue weighted by atomic mass is 32.2. The second-order valence-electron chi connectivity index (χ2n) is 6.26. The van der Waals surface area contributed by atoms with Gasteiger partial charge in [-0.3, -0.25) is 14.2 Å². The number of carbonyl (C=O) groups is 1. The second-order valence-corrected chi connectivity index (χ2v) is 7.25. The van der Waals surface area contributed by atoms with E-state index in [4.69, 9.17) is 0 Å². The predicted molar refractivity (Wildman–Crippen MR) is 94.6 cm³/mol. The molecule has 1 aliphatic heterocycles.